The largest absolute Gasteiger partial charge is 0.396 e. The lowest BCUT2D eigenvalue weighted by molar-refractivity contribution is -0.137. The fraction of sp³-hybridized carbons (Fsp3) is 0.579. The number of rotatable bonds is 7. The van der Waals surface area contributed by atoms with E-state index in [2.05, 4.69) is 10.6 Å². The number of carbonyl (C=O) groups excluding carboxylic acids is 2. The summed E-state index contributed by atoms with van der Waals surface area (Å²) in [6.45, 7) is 0.205. The van der Waals surface area contributed by atoms with Crippen LogP contribution in [0.3, 0.4) is 0 Å². The van der Waals surface area contributed by atoms with Crippen molar-refractivity contribution in [3.63, 3.8) is 0 Å². The smallest absolute Gasteiger partial charge is 0.313 e. The van der Waals surface area contributed by atoms with Crippen LogP contribution in [0.25, 0.3) is 0 Å². The van der Waals surface area contributed by atoms with Crippen molar-refractivity contribution >= 4 is 29.1 Å². The summed E-state index contributed by atoms with van der Waals surface area (Å²) >= 11 is 5.61. The van der Waals surface area contributed by atoms with Crippen LogP contribution in [0.4, 0.5) is 10.1 Å². The molecule has 2 unspecified atom stereocenters. The molecule has 0 bridgehead atoms. The molecule has 7 heteroatoms. The highest BCUT2D eigenvalue weighted by Gasteiger charge is 2.28. The molecule has 0 radical (unpaired) electrons. The zero-order valence-electron chi connectivity index (χ0n) is 14.8. The molecule has 0 spiro atoms. The Kier molecular flexibility index (Phi) is 8.32. The van der Waals surface area contributed by atoms with E-state index in [0.717, 1.165) is 57.4 Å². The molecule has 3 N–H and O–H groups in total. The van der Waals surface area contributed by atoms with E-state index < -0.39 is 17.6 Å². The third-order valence-electron chi connectivity index (χ3n) is 4.84. The van der Waals surface area contributed by atoms with Crippen molar-refractivity contribution in [2.75, 3.05) is 11.9 Å². The summed E-state index contributed by atoms with van der Waals surface area (Å²) in [6, 6.07) is 3.84. The third-order valence-corrected chi connectivity index (χ3v) is 5.15. The van der Waals surface area contributed by atoms with Gasteiger partial charge in [0.2, 0.25) is 0 Å². The molecule has 1 aliphatic rings. The van der Waals surface area contributed by atoms with E-state index >= 15 is 0 Å². The first-order chi connectivity index (χ1) is 12.5. The second-order valence-electron chi connectivity index (χ2n) is 6.78. The molecule has 0 heterocycles. The number of benzene rings is 1. The summed E-state index contributed by atoms with van der Waals surface area (Å²) in [5.74, 6) is -1.81. The Bertz CT molecular complexity index is 627. The monoisotopic (exact) mass is 384 g/mol. The minimum absolute atomic E-state index is 0.0157. The fourth-order valence-electron chi connectivity index (χ4n) is 3.43. The quantitative estimate of drug-likeness (QED) is 0.496. The summed E-state index contributed by atoms with van der Waals surface area (Å²) < 4.78 is 13.4. The first-order valence-corrected chi connectivity index (χ1v) is 9.57. The second kappa shape index (κ2) is 10.5. The highest BCUT2D eigenvalue weighted by atomic mass is 35.5. The van der Waals surface area contributed by atoms with Gasteiger partial charge in [-0.3, -0.25) is 9.59 Å². The van der Waals surface area contributed by atoms with Gasteiger partial charge in [0, 0.05) is 18.3 Å². The maximum absolute atomic E-state index is 13.4. The zero-order valence-corrected chi connectivity index (χ0v) is 15.5. The molecule has 1 fully saturated rings. The summed E-state index contributed by atoms with van der Waals surface area (Å²) in [6.07, 6.45) is 7.81. The van der Waals surface area contributed by atoms with Gasteiger partial charge in [-0.2, -0.15) is 0 Å². The van der Waals surface area contributed by atoms with Gasteiger partial charge in [0.1, 0.15) is 5.82 Å². The molecule has 1 aromatic rings. The van der Waals surface area contributed by atoms with Gasteiger partial charge in [-0.15, -0.1) is 0 Å². The molecule has 2 rings (SSSR count). The Morgan fingerprint density at radius 1 is 1.15 bits per heavy atom. The Hall–Kier alpha value is -1.66. The molecule has 0 saturated heterocycles. The van der Waals surface area contributed by atoms with E-state index in [4.69, 9.17) is 16.7 Å². The highest BCUT2D eigenvalue weighted by molar-refractivity contribution is 6.39. The molecule has 1 saturated carbocycles. The number of hydrogen-bond donors (Lipinski definition) is 3. The van der Waals surface area contributed by atoms with Crippen LogP contribution in [-0.4, -0.2) is 29.6 Å². The number of nitrogens with one attached hydrogen (secondary N) is 2. The number of halogens is 2. The predicted molar refractivity (Wildman–Crippen MR) is 99.5 cm³/mol. The van der Waals surface area contributed by atoms with Gasteiger partial charge in [-0.1, -0.05) is 37.3 Å². The minimum Gasteiger partial charge on any atom is -0.396 e. The lowest BCUT2D eigenvalue weighted by atomic mass is 9.81. The van der Waals surface area contributed by atoms with Crippen molar-refractivity contribution in [2.24, 2.45) is 5.92 Å². The predicted octanol–water partition coefficient (Wildman–Crippen LogP) is 3.65. The van der Waals surface area contributed by atoms with E-state index in [0.29, 0.717) is 5.92 Å². The van der Waals surface area contributed by atoms with Crippen LogP contribution in [0, 0.1) is 11.7 Å². The number of amides is 2. The van der Waals surface area contributed by atoms with Gasteiger partial charge in [0.15, 0.2) is 0 Å². The summed E-state index contributed by atoms with van der Waals surface area (Å²) in [5.41, 5.74) is 0.191. The summed E-state index contributed by atoms with van der Waals surface area (Å²) in [7, 11) is 0. The number of unbranched alkanes of at least 4 members (excludes halogenated alkanes) is 2. The van der Waals surface area contributed by atoms with Crippen LogP contribution in [0.5, 0.6) is 0 Å². The van der Waals surface area contributed by atoms with Gasteiger partial charge in [0.05, 0.1) is 5.02 Å². The van der Waals surface area contributed by atoms with Crippen LogP contribution >= 0.6 is 11.6 Å². The van der Waals surface area contributed by atoms with Gasteiger partial charge >= 0.3 is 11.8 Å². The first kappa shape index (κ1) is 20.6. The minimum atomic E-state index is -0.809. The summed E-state index contributed by atoms with van der Waals surface area (Å²) in [5, 5.41) is 14.0. The molecule has 0 aromatic heterocycles. The van der Waals surface area contributed by atoms with Gasteiger partial charge in [-0.25, -0.2) is 4.39 Å². The standard InChI is InChI=1S/C19H26ClFN2O3/c20-15-10-9-14(12-16(15)21)22-18(25)19(26)23-17-8-4-3-7-13(17)6-2-1-5-11-24/h9-10,12-13,17,24H,1-8,11H2,(H,22,25)(H,23,26). The van der Waals surface area contributed by atoms with Crippen molar-refractivity contribution in [2.45, 2.75) is 57.4 Å². The number of anilines is 1. The zero-order chi connectivity index (χ0) is 18.9. The molecule has 1 aromatic carbocycles. The molecular weight excluding hydrogens is 359 g/mol. The van der Waals surface area contributed by atoms with Crippen molar-refractivity contribution in [1.29, 1.82) is 0 Å². The average Bonchev–Trinajstić information content (AvgIpc) is 2.63. The van der Waals surface area contributed by atoms with E-state index in [9.17, 15) is 14.0 Å². The normalized spacial score (nSPS) is 19.8. The molecule has 2 amide bonds. The van der Waals surface area contributed by atoms with Crippen LogP contribution < -0.4 is 10.6 Å². The van der Waals surface area contributed by atoms with Crippen LogP contribution in [0.1, 0.15) is 51.4 Å². The van der Waals surface area contributed by atoms with Crippen molar-refractivity contribution < 1.29 is 19.1 Å². The second-order valence-corrected chi connectivity index (χ2v) is 7.19. The first-order valence-electron chi connectivity index (χ1n) is 9.19. The third kappa shape index (κ3) is 6.25. The maximum atomic E-state index is 13.4. The SMILES string of the molecule is O=C(Nc1ccc(Cl)c(F)c1)C(=O)NC1CCCCC1CCCCCO. The molecule has 0 aliphatic heterocycles. The molecule has 26 heavy (non-hydrogen) atoms. The van der Waals surface area contributed by atoms with Crippen LogP contribution in [0.2, 0.25) is 5.02 Å². The van der Waals surface area contributed by atoms with E-state index in [1.807, 2.05) is 0 Å². The fourth-order valence-corrected chi connectivity index (χ4v) is 3.55. The van der Waals surface area contributed by atoms with Crippen molar-refractivity contribution in [1.82, 2.24) is 5.32 Å². The molecule has 5 nitrogen and oxygen atoms in total. The topological polar surface area (TPSA) is 78.4 Å². The Morgan fingerprint density at radius 2 is 1.92 bits per heavy atom. The van der Waals surface area contributed by atoms with Gasteiger partial charge < -0.3 is 15.7 Å². The number of carbonyl (C=O) groups is 2. The van der Waals surface area contributed by atoms with Crippen molar-refractivity contribution in [3.8, 4) is 0 Å². The van der Waals surface area contributed by atoms with Gasteiger partial charge in [-0.05, 0) is 49.8 Å². The Labute approximate surface area is 158 Å². The average molecular weight is 385 g/mol. The number of aliphatic hydroxyl groups excluding tert-OH is 1. The lowest BCUT2D eigenvalue weighted by Crippen LogP contribution is -2.46. The number of hydrogen-bond acceptors (Lipinski definition) is 3. The van der Waals surface area contributed by atoms with Crippen LogP contribution in [-0.2, 0) is 9.59 Å². The Morgan fingerprint density at radius 3 is 2.65 bits per heavy atom. The van der Waals surface area contributed by atoms with E-state index in [1.54, 1.807) is 0 Å². The molecule has 144 valence electrons. The molecule has 2 atom stereocenters. The molecular formula is C19H26ClFN2O3. The van der Waals surface area contributed by atoms with E-state index in [1.165, 1.54) is 12.1 Å². The van der Waals surface area contributed by atoms with E-state index in [-0.39, 0.29) is 23.4 Å². The lowest BCUT2D eigenvalue weighted by Gasteiger charge is -2.32. The number of aliphatic hydroxyl groups is 1. The van der Waals surface area contributed by atoms with Gasteiger partial charge in [0.25, 0.3) is 0 Å². The Balaban J connectivity index is 1.86. The highest BCUT2D eigenvalue weighted by Crippen LogP contribution is 2.29. The maximum Gasteiger partial charge on any atom is 0.313 e. The van der Waals surface area contributed by atoms with Crippen LogP contribution in [0.15, 0.2) is 18.2 Å². The summed E-state index contributed by atoms with van der Waals surface area (Å²) in [4.78, 5) is 24.3. The van der Waals surface area contributed by atoms with Crippen molar-refractivity contribution in [3.05, 3.63) is 29.0 Å². The molecule has 1 aliphatic carbocycles.